The Bertz CT molecular complexity index is 727. The Hall–Kier alpha value is -1.84. The summed E-state index contributed by atoms with van der Waals surface area (Å²) in [6.45, 7) is 8.34. The largest absolute Gasteiger partial charge is 0.369 e. The molecule has 0 radical (unpaired) electrons. The number of ether oxygens (including phenoxy) is 1. The highest BCUT2D eigenvalue weighted by atomic mass is 16.5. The predicted octanol–water partition coefficient (Wildman–Crippen LogP) is 1.96. The van der Waals surface area contributed by atoms with Gasteiger partial charge in [0.1, 0.15) is 17.4 Å². The monoisotopic (exact) mass is 358 g/mol. The highest BCUT2D eigenvalue weighted by molar-refractivity contribution is 5.84. The molecule has 1 aromatic heterocycles. The van der Waals surface area contributed by atoms with E-state index in [0.717, 1.165) is 31.2 Å². The van der Waals surface area contributed by atoms with E-state index >= 15 is 0 Å². The zero-order chi connectivity index (χ0) is 19.1. The third-order valence-corrected chi connectivity index (χ3v) is 6.19. The van der Waals surface area contributed by atoms with Gasteiger partial charge in [0.2, 0.25) is 0 Å². The molecule has 1 aliphatic heterocycles. The number of hydrogen-bond acceptors (Lipinski definition) is 4. The van der Waals surface area contributed by atoms with Crippen molar-refractivity contribution in [2.24, 2.45) is 18.9 Å². The van der Waals surface area contributed by atoms with Crippen LogP contribution in [0.4, 0.5) is 0 Å². The molecule has 1 saturated carbocycles. The van der Waals surface area contributed by atoms with Crippen LogP contribution in [0.5, 0.6) is 0 Å². The van der Waals surface area contributed by atoms with Crippen LogP contribution in [-0.2, 0) is 23.1 Å². The number of amides is 1. The zero-order valence-electron chi connectivity index (χ0n) is 16.5. The number of likely N-dealkylation sites (tertiary alicyclic amines) is 1. The van der Waals surface area contributed by atoms with E-state index in [2.05, 4.69) is 23.2 Å². The lowest BCUT2D eigenvalue weighted by molar-refractivity contribution is -0.140. The minimum absolute atomic E-state index is 0.0415. The van der Waals surface area contributed by atoms with E-state index in [0.29, 0.717) is 11.6 Å². The Morgan fingerprint density at radius 3 is 2.65 bits per heavy atom. The zero-order valence-corrected chi connectivity index (χ0v) is 16.5. The molecule has 1 amide bonds. The number of rotatable bonds is 6. The molecule has 0 unspecified atom stereocenters. The Labute approximate surface area is 156 Å². The van der Waals surface area contributed by atoms with Crippen LogP contribution in [-0.4, -0.2) is 47.2 Å². The molecular formula is C20H30N4O2. The van der Waals surface area contributed by atoms with Gasteiger partial charge in [0, 0.05) is 45.5 Å². The lowest BCUT2D eigenvalue weighted by atomic mass is 9.97. The van der Waals surface area contributed by atoms with Crippen molar-refractivity contribution >= 4 is 5.91 Å². The molecule has 6 nitrogen and oxygen atoms in total. The van der Waals surface area contributed by atoms with Crippen LogP contribution in [0.2, 0.25) is 0 Å². The fourth-order valence-corrected chi connectivity index (χ4v) is 3.90. The topological polar surface area (TPSA) is 70.3 Å². The van der Waals surface area contributed by atoms with Crippen molar-refractivity contribution < 1.29 is 9.53 Å². The fourth-order valence-electron chi connectivity index (χ4n) is 3.90. The minimum Gasteiger partial charge on any atom is -0.369 e. The van der Waals surface area contributed by atoms with Crippen LogP contribution in [0.15, 0.2) is 6.07 Å². The van der Waals surface area contributed by atoms with Crippen molar-refractivity contribution in [2.45, 2.75) is 51.8 Å². The Morgan fingerprint density at radius 1 is 1.42 bits per heavy atom. The second kappa shape index (κ2) is 7.05. The third-order valence-electron chi connectivity index (χ3n) is 6.19. The summed E-state index contributed by atoms with van der Waals surface area (Å²) in [5, 5.41) is 12.5. The maximum absolute atomic E-state index is 12.6. The number of methoxy groups -OCH3 is 1. The SMILES string of the molecule is COC(C)(C)C(=O)N[C@H]1CN(Cc2cc(C#N)n(C)c2C)C[C@@H]1C1CC1. The Balaban J connectivity index is 1.70. The van der Waals surface area contributed by atoms with E-state index in [1.165, 1.54) is 18.4 Å². The lowest BCUT2D eigenvalue weighted by Crippen LogP contribution is -2.50. The van der Waals surface area contributed by atoms with Gasteiger partial charge in [-0.2, -0.15) is 5.26 Å². The second-order valence-electron chi connectivity index (χ2n) is 8.30. The molecule has 0 spiro atoms. The van der Waals surface area contributed by atoms with Gasteiger partial charge in [0.15, 0.2) is 0 Å². The van der Waals surface area contributed by atoms with Gasteiger partial charge >= 0.3 is 0 Å². The standard InChI is InChI=1S/C20H30N4O2/c1-13-15(8-16(9-21)23(13)4)10-24-11-17(14-6-7-14)18(12-24)22-19(25)20(2,3)26-5/h8,14,17-18H,6-7,10-12H2,1-5H3,(H,22,25)/t17-,18+/m1/s1. The molecule has 3 rings (SSSR count). The summed E-state index contributed by atoms with van der Waals surface area (Å²) in [4.78, 5) is 15.0. The van der Waals surface area contributed by atoms with Gasteiger partial charge in [0.05, 0.1) is 0 Å². The molecule has 142 valence electrons. The molecule has 26 heavy (non-hydrogen) atoms. The van der Waals surface area contributed by atoms with E-state index < -0.39 is 5.60 Å². The molecule has 2 atom stereocenters. The van der Waals surface area contributed by atoms with Crippen molar-refractivity contribution in [1.29, 1.82) is 5.26 Å². The van der Waals surface area contributed by atoms with Gasteiger partial charge in [-0.3, -0.25) is 9.69 Å². The molecule has 1 aromatic rings. The van der Waals surface area contributed by atoms with Crippen molar-refractivity contribution in [3.8, 4) is 6.07 Å². The summed E-state index contributed by atoms with van der Waals surface area (Å²) in [5.41, 5.74) is 2.22. The third kappa shape index (κ3) is 3.65. The normalized spacial score (nSPS) is 23.8. The summed E-state index contributed by atoms with van der Waals surface area (Å²) in [6, 6.07) is 4.41. The van der Waals surface area contributed by atoms with E-state index in [4.69, 9.17) is 4.74 Å². The quantitative estimate of drug-likeness (QED) is 0.844. The molecule has 2 heterocycles. The van der Waals surface area contributed by atoms with E-state index in [-0.39, 0.29) is 11.9 Å². The summed E-state index contributed by atoms with van der Waals surface area (Å²) in [7, 11) is 3.51. The number of nitrogens with one attached hydrogen (secondary N) is 1. The number of aromatic nitrogens is 1. The highest BCUT2D eigenvalue weighted by Gasteiger charge is 2.44. The molecular weight excluding hydrogens is 328 g/mol. The maximum atomic E-state index is 12.6. The van der Waals surface area contributed by atoms with Crippen molar-refractivity contribution in [1.82, 2.24) is 14.8 Å². The van der Waals surface area contributed by atoms with E-state index in [1.807, 2.05) is 17.7 Å². The maximum Gasteiger partial charge on any atom is 0.251 e. The van der Waals surface area contributed by atoms with Gasteiger partial charge in [-0.25, -0.2) is 0 Å². The highest BCUT2D eigenvalue weighted by Crippen LogP contribution is 2.42. The van der Waals surface area contributed by atoms with Crippen molar-refractivity contribution in [2.75, 3.05) is 20.2 Å². The molecule has 2 fully saturated rings. The fraction of sp³-hybridized carbons (Fsp3) is 0.700. The molecule has 2 aliphatic rings. The van der Waals surface area contributed by atoms with Crippen molar-refractivity contribution in [3.05, 3.63) is 23.0 Å². The number of nitrogens with zero attached hydrogens (tertiary/aromatic N) is 3. The Morgan fingerprint density at radius 2 is 2.12 bits per heavy atom. The molecule has 6 heteroatoms. The van der Waals surface area contributed by atoms with Gasteiger partial charge in [0.25, 0.3) is 5.91 Å². The first-order chi connectivity index (χ1) is 12.3. The first-order valence-corrected chi connectivity index (χ1v) is 9.40. The van der Waals surface area contributed by atoms with Gasteiger partial charge in [-0.15, -0.1) is 0 Å². The average Bonchev–Trinajstić information content (AvgIpc) is 3.33. The van der Waals surface area contributed by atoms with Gasteiger partial charge in [-0.1, -0.05) is 0 Å². The summed E-state index contributed by atoms with van der Waals surface area (Å²) < 4.78 is 7.28. The Kier molecular flexibility index (Phi) is 5.14. The molecule has 1 saturated heterocycles. The van der Waals surface area contributed by atoms with Crippen LogP contribution in [0, 0.1) is 30.1 Å². The molecule has 0 aromatic carbocycles. The van der Waals surface area contributed by atoms with Crippen LogP contribution in [0.25, 0.3) is 0 Å². The van der Waals surface area contributed by atoms with Crippen LogP contribution in [0.3, 0.4) is 0 Å². The van der Waals surface area contributed by atoms with Crippen LogP contribution >= 0.6 is 0 Å². The number of carbonyl (C=O) groups is 1. The first-order valence-electron chi connectivity index (χ1n) is 9.40. The van der Waals surface area contributed by atoms with Gasteiger partial charge in [-0.05, 0) is 57.1 Å². The van der Waals surface area contributed by atoms with E-state index in [1.54, 1.807) is 21.0 Å². The average molecular weight is 358 g/mol. The minimum atomic E-state index is -0.806. The second-order valence-corrected chi connectivity index (χ2v) is 8.30. The van der Waals surface area contributed by atoms with Crippen molar-refractivity contribution in [3.63, 3.8) is 0 Å². The molecule has 1 aliphatic carbocycles. The van der Waals surface area contributed by atoms with Crippen LogP contribution < -0.4 is 5.32 Å². The smallest absolute Gasteiger partial charge is 0.251 e. The number of nitriles is 1. The summed E-state index contributed by atoms with van der Waals surface area (Å²) in [5.74, 6) is 1.19. The number of carbonyl (C=O) groups excluding carboxylic acids is 1. The first kappa shape index (κ1) is 18.9. The molecule has 0 bridgehead atoms. The van der Waals surface area contributed by atoms with E-state index in [9.17, 15) is 10.1 Å². The summed E-state index contributed by atoms with van der Waals surface area (Å²) >= 11 is 0. The number of hydrogen-bond donors (Lipinski definition) is 1. The predicted molar refractivity (Wildman–Crippen MR) is 99.4 cm³/mol. The van der Waals surface area contributed by atoms with Gasteiger partial charge < -0.3 is 14.6 Å². The molecule has 1 N–H and O–H groups in total. The lowest BCUT2D eigenvalue weighted by Gasteiger charge is -2.26. The summed E-state index contributed by atoms with van der Waals surface area (Å²) in [6.07, 6.45) is 2.53. The van der Waals surface area contributed by atoms with Crippen LogP contribution in [0.1, 0.15) is 43.6 Å².